The van der Waals surface area contributed by atoms with E-state index in [0.29, 0.717) is 29.1 Å². The van der Waals surface area contributed by atoms with Crippen LogP contribution in [0.2, 0.25) is 0 Å². The Kier molecular flexibility index (Phi) is 6.19. The first kappa shape index (κ1) is 22.2. The molecule has 0 spiro atoms. The van der Waals surface area contributed by atoms with Crippen LogP contribution >= 0.6 is 0 Å². The largest absolute Gasteiger partial charge is 0.464 e. The first-order valence-electron chi connectivity index (χ1n) is 10.1. The van der Waals surface area contributed by atoms with E-state index in [4.69, 9.17) is 4.74 Å². The Hall–Kier alpha value is -2.45. The van der Waals surface area contributed by atoms with E-state index in [0.717, 1.165) is 12.8 Å². The highest BCUT2D eigenvalue weighted by Gasteiger charge is 2.44. The van der Waals surface area contributed by atoms with Crippen LogP contribution in [0.15, 0.2) is 35.2 Å². The highest BCUT2D eigenvalue weighted by molar-refractivity contribution is 7.89. The van der Waals surface area contributed by atoms with Gasteiger partial charge < -0.3 is 9.30 Å². The molecule has 1 saturated carbocycles. The molecule has 0 radical (unpaired) electrons. The van der Waals surface area contributed by atoms with Crippen molar-refractivity contribution < 1.29 is 22.7 Å². The number of nitrogens with zero attached hydrogens (tertiary/aromatic N) is 2. The Morgan fingerprint density at radius 3 is 2.30 bits per heavy atom. The lowest BCUT2D eigenvalue weighted by Crippen LogP contribution is -2.45. The summed E-state index contributed by atoms with van der Waals surface area (Å²) in [4.78, 5) is 26.0. The lowest BCUT2D eigenvalue weighted by atomic mass is 10.0. The summed E-state index contributed by atoms with van der Waals surface area (Å²) >= 11 is 0. The quantitative estimate of drug-likeness (QED) is 0.472. The molecule has 1 aliphatic rings. The van der Waals surface area contributed by atoms with Gasteiger partial charge in [0.1, 0.15) is 5.69 Å². The van der Waals surface area contributed by atoms with E-state index >= 15 is 0 Å². The van der Waals surface area contributed by atoms with Gasteiger partial charge in [-0.3, -0.25) is 4.79 Å². The zero-order valence-corrected chi connectivity index (χ0v) is 18.8. The van der Waals surface area contributed by atoms with Crippen molar-refractivity contribution in [2.24, 2.45) is 0 Å². The van der Waals surface area contributed by atoms with Crippen LogP contribution in [0, 0.1) is 13.8 Å². The Morgan fingerprint density at radius 1 is 1.20 bits per heavy atom. The Labute approximate surface area is 177 Å². The number of carbonyl (C=O) groups is 2. The predicted molar refractivity (Wildman–Crippen MR) is 113 cm³/mol. The van der Waals surface area contributed by atoms with Crippen molar-refractivity contribution in [3.8, 4) is 0 Å². The molecule has 0 aliphatic heterocycles. The van der Waals surface area contributed by atoms with Gasteiger partial charge >= 0.3 is 5.97 Å². The summed E-state index contributed by atoms with van der Waals surface area (Å²) in [5.74, 6) is -0.825. The van der Waals surface area contributed by atoms with E-state index in [1.165, 1.54) is 11.4 Å². The van der Waals surface area contributed by atoms with Crippen LogP contribution in [0.4, 0.5) is 0 Å². The molecule has 0 N–H and O–H groups in total. The van der Waals surface area contributed by atoms with Gasteiger partial charge in [-0.15, -0.1) is 0 Å². The molecule has 1 fully saturated rings. The highest BCUT2D eigenvalue weighted by Crippen LogP contribution is 2.36. The molecule has 162 valence electrons. The molecule has 1 atom stereocenters. The average Bonchev–Trinajstić information content (AvgIpc) is 3.52. The second-order valence-corrected chi connectivity index (χ2v) is 9.43. The monoisotopic (exact) mass is 432 g/mol. The summed E-state index contributed by atoms with van der Waals surface area (Å²) in [5, 5.41) is 0. The number of hydrogen-bond acceptors (Lipinski definition) is 5. The number of ketones is 1. The fourth-order valence-corrected chi connectivity index (χ4v) is 5.96. The van der Waals surface area contributed by atoms with E-state index in [-0.39, 0.29) is 16.7 Å². The van der Waals surface area contributed by atoms with Gasteiger partial charge in [0.2, 0.25) is 10.0 Å². The zero-order valence-electron chi connectivity index (χ0n) is 18.0. The van der Waals surface area contributed by atoms with Crippen LogP contribution in [0.25, 0.3) is 0 Å². The standard InChI is InChI=1S/C22H28N2O5S/c1-6-23-15(3)19(14(2)20(23)22(26)29-5)21(25)16(4)24(17-12-13-17)30(27,28)18-10-8-7-9-11-18/h7-11,16-17H,6,12-13H2,1-5H3/t16-/m1/s1. The summed E-state index contributed by atoms with van der Waals surface area (Å²) in [6.45, 7) is 7.48. The van der Waals surface area contributed by atoms with Crippen LogP contribution in [0.3, 0.4) is 0 Å². The number of esters is 1. The summed E-state index contributed by atoms with van der Waals surface area (Å²) in [5.41, 5.74) is 1.88. The first-order valence-corrected chi connectivity index (χ1v) is 11.5. The van der Waals surface area contributed by atoms with Crippen molar-refractivity contribution in [2.45, 2.75) is 64.1 Å². The van der Waals surface area contributed by atoms with Crippen molar-refractivity contribution >= 4 is 21.8 Å². The molecule has 0 unspecified atom stereocenters. The molecule has 30 heavy (non-hydrogen) atoms. The Morgan fingerprint density at radius 2 is 1.80 bits per heavy atom. The second kappa shape index (κ2) is 8.35. The third kappa shape index (κ3) is 3.70. The fourth-order valence-electron chi connectivity index (χ4n) is 4.10. The molecule has 3 rings (SSSR count). The van der Waals surface area contributed by atoms with Crippen LogP contribution in [0.1, 0.15) is 58.8 Å². The minimum Gasteiger partial charge on any atom is -0.464 e. The third-order valence-corrected chi connectivity index (χ3v) is 7.73. The van der Waals surface area contributed by atoms with Crippen molar-refractivity contribution in [1.29, 1.82) is 0 Å². The minimum absolute atomic E-state index is 0.173. The number of hydrogen-bond donors (Lipinski definition) is 0. The maximum Gasteiger partial charge on any atom is 0.354 e. The normalized spacial score (nSPS) is 15.3. The van der Waals surface area contributed by atoms with Crippen molar-refractivity contribution in [1.82, 2.24) is 8.87 Å². The molecule has 8 heteroatoms. The van der Waals surface area contributed by atoms with E-state index in [9.17, 15) is 18.0 Å². The smallest absolute Gasteiger partial charge is 0.354 e. The summed E-state index contributed by atoms with van der Waals surface area (Å²) in [6, 6.07) is 7.10. The zero-order chi connectivity index (χ0) is 22.2. The molecular formula is C22H28N2O5S. The van der Waals surface area contributed by atoms with Gasteiger partial charge in [-0.05, 0) is 58.2 Å². The average molecular weight is 433 g/mol. The number of rotatable bonds is 8. The van der Waals surface area contributed by atoms with Gasteiger partial charge in [-0.25, -0.2) is 13.2 Å². The summed E-state index contributed by atoms with van der Waals surface area (Å²) < 4.78 is 34.7. The molecule has 1 aliphatic carbocycles. The lowest BCUT2D eigenvalue weighted by Gasteiger charge is -2.27. The first-order chi connectivity index (χ1) is 14.2. The van der Waals surface area contributed by atoms with Crippen LogP contribution in [0.5, 0.6) is 0 Å². The van der Waals surface area contributed by atoms with Crippen molar-refractivity contribution in [2.75, 3.05) is 7.11 Å². The molecule has 1 heterocycles. The van der Waals surface area contributed by atoms with E-state index in [1.54, 1.807) is 55.7 Å². The number of ether oxygens (including phenoxy) is 1. The van der Waals surface area contributed by atoms with Gasteiger partial charge in [0, 0.05) is 23.8 Å². The van der Waals surface area contributed by atoms with Crippen molar-refractivity contribution in [3.63, 3.8) is 0 Å². The number of aromatic nitrogens is 1. The summed E-state index contributed by atoms with van der Waals surface area (Å²) in [7, 11) is -2.53. The van der Waals surface area contributed by atoms with Gasteiger partial charge in [0.05, 0.1) is 18.0 Å². The second-order valence-electron chi connectivity index (χ2n) is 7.59. The van der Waals surface area contributed by atoms with Gasteiger partial charge in [-0.2, -0.15) is 4.31 Å². The Bertz CT molecular complexity index is 1070. The number of benzene rings is 1. The Balaban J connectivity index is 2.06. The van der Waals surface area contributed by atoms with E-state index < -0.39 is 22.0 Å². The maximum absolute atomic E-state index is 13.6. The van der Waals surface area contributed by atoms with Gasteiger partial charge in [-0.1, -0.05) is 18.2 Å². The molecule has 0 saturated heterocycles. The molecule has 0 bridgehead atoms. The number of Topliss-reactive ketones (excluding diaryl/α,β-unsaturated/α-hetero) is 1. The molecular weight excluding hydrogens is 404 g/mol. The highest BCUT2D eigenvalue weighted by atomic mass is 32.2. The van der Waals surface area contributed by atoms with Gasteiger partial charge in [0.25, 0.3) is 0 Å². The number of sulfonamides is 1. The molecule has 2 aromatic rings. The van der Waals surface area contributed by atoms with E-state index in [2.05, 4.69) is 0 Å². The van der Waals surface area contributed by atoms with Crippen LogP contribution in [-0.2, 0) is 21.3 Å². The van der Waals surface area contributed by atoms with Crippen molar-refractivity contribution in [3.05, 3.63) is 52.8 Å². The fraction of sp³-hybridized carbons (Fsp3) is 0.455. The molecule has 0 amide bonds. The predicted octanol–water partition coefficient (Wildman–Crippen LogP) is 3.34. The molecule has 1 aromatic carbocycles. The van der Waals surface area contributed by atoms with E-state index in [1.807, 2.05) is 6.92 Å². The summed E-state index contributed by atoms with van der Waals surface area (Å²) in [6.07, 6.45) is 1.45. The minimum atomic E-state index is -3.83. The number of carbonyl (C=O) groups excluding carboxylic acids is 2. The van der Waals surface area contributed by atoms with Gasteiger partial charge in [0.15, 0.2) is 5.78 Å². The maximum atomic E-state index is 13.6. The van der Waals surface area contributed by atoms with Crippen LogP contribution < -0.4 is 0 Å². The van der Waals surface area contributed by atoms with Crippen LogP contribution in [-0.4, -0.2) is 48.2 Å². The topological polar surface area (TPSA) is 85.7 Å². The third-order valence-electron chi connectivity index (χ3n) is 5.69. The molecule has 7 nitrogen and oxygen atoms in total. The number of methoxy groups -OCH3 is 1. The lowest BCUT2D eigenvalue weighted by molar-refractivity contribution is 0.0587. The molecule has 1 aromatic heterocycles. The SMILES string of the molecule is CCn1c(C)c(C(=O)[C@@H](C)N(C2CC2)S(=O)(=O)c2ccccc2)c(C)c1C(=O)OC.